The molecule has 5 rings (SSSR count). The molecule has 10 heteroatoms. The monoisotopic (exact) mass is 571 g/mol. The van der Waals surface area contributed by atoms with Crippen molar-refractivity contribution in [3.05, 3.63) is 106 Å². The van der Waals surface area contributed by atoms with E-state index in [1.54, 1.807) is 73.7 Å². The molecule has 1 aliphatic rings. The van der Waals surface area contributed by atoms with E-state index in [2.05, 4.69) is 16.0 Å². The molecular formula is C30H25N3O5S2. The van der Waals surface area contributed by atoms with Gasteiger partial charge in [0, 0.05) is 32.8 Å². The van der Waals surface area contributed by atoms with Crippen LogP contribution < -0.4 is 25.4 Å². The second kappa shape index (κ2) is 12.5. The van der Waals surface area contributed by atoms with Crippen LogP contribution in [0, 0.1) is 0 Å². The minimum Gasteiger partial charge on any atom is -0.454 e. The summed E-state index contributed by atoms with van der Waals surface area (Å²) in [5.74, 6) is 0.211. The Bertz CT molecular complexity index is 1550. The highest BCUT2D eigenvalue weighted by atomic mass is 32.2. The SMILES string of the molecule is CC(Sc1cccc(NC(=O)/C(=C/c2cccs2)NC(=O)c2ccccc2)c1)C(=O)Nc1ccc2c(c1)OCO2. The third-order valence-electron chi connectivity index (χ3n) is 5.77. The van der Waals surface area contributed by atoms with E-state index in [0.29, 0.717) is 28.4 Å². The van der Waals surface area contributed by atoms with Crippen LogP contribution in [0.1, 0.15) is 22.2 Å². The summed E-state index contributed by atoms with van der Waals surface area (Å²) >= 11 is 2.81. The molecule has 0 saturated heterocycles. The lowest BCUT2D eigenvalue weighted by Crippen LogP contribution is -2.30. The van der Waals surface area contributed by atoms with Crippen molar-refractivity contribution < 1.29 is 23.9 Å². The molecule has 3 N–H and O–H groups in total. The Hall–Kier alpha value is -4.54. The van der Waals surface area contributed by atoms with E-state index in [1.807, 2.05) is 29.6 Å². The lowest BCUT2D eigenvalue weighted by atomic mass is 10.2. The highest BCUT2D eigenvalue weighted by molar-refractivity contribution is 8.00. The minimum atomic E-state index is -0.464. The summed E-state index contributed by atoms with van der Waals surface area (Å²) in [6, 6.07) is 24.9. The topological polar surface area (TPSA) is 106 Å². The summed E-state index contributed by atoms with van der Waals surface area (Å²) < 4.78 is 10.7. The highest BCUT2D eigenvalue weighted by Crippen LogP contribution is 2.34. The molecule has 0 aliphatic carbocycles. The van der Waals surface area contributed by atoms with Gasteiger partial charge in [-0.25, -0.2) is 0 Å². The third-order valence-corrected chi connectivity index (χ3v) is 7.69. The van der Waals surface area contributed by atoms with Crippen LogP contribution in [-0.2, 0) is 9.59 Å². The number of carbonyl (C=O) groups excluding carboxylic acids is 3. The van der Waals surface area contributed by atoms with Gasteiger partial charge in [0.1, 0.15) is 5.70 Å². The number of rotatable bonds is 9. The second-order valence-electron chi connectivity index (χ2n) is 8.69. The second-order valence-corrected chi connectivity index (χ2v) is 11.1. The minimum absolute atomic E-state index is 0.117. The van der Waals surface area contributed by atoms with E-state index in [1.165, 1.54) is 23.1 Å². The summed E-state index contributed by atoms with van der Waals surface area (Å²) in [5.41, 5.74) is 1.71. The number of amides is 3. The molecule has 202 valence electrons. The smallest absolute Gasteiger partial charge is 0.272 e. The molecule has 8 nitrogen and oxygen atoms in total. The quantitative estimate of drug-likeness (QED) is 0.168. The number of benzene rings is 3. The molecule has 4 aromatic rings. The number of thiophene rings is 1. The Morgan fingerprint density at radius 3 is 2.48 bits per heavy atom. The van der Waals surface area contributed by atoms with Crippen molar-refractivity contribution in [2.45, 2.75) is 17.1 Å². The molecule has 0 radical (unpaired) electrons. The van der Waals surface area contributed by atoms with Gasteiger partial charge in [-0.05, 0) is 66.9 Å². The number of hydrogen-bond acceptors (Lipinski definition) is 7. The van der Waals surface area contributed by atoms with E-state index in [0.717, 1.165) is 9.77 Å². The summed E-state index contributed by atoms with van der Waals surface area (Å²) in [6.45, 7) is 1.97. The fourth-order valence-corrected chi connectivity index (χ4v) is 5.36. The maximum Gasteiger partial charge on any atom is 0.272 e. The van der Waals surface area contributed by atoms with Gasteiger partial charge < -0.3 is 25.4 Å². The lowest BCUT2D eigenvalue weighted by molar-refractivity contribution is -0.115. The number of carbonyl (C=O) groups is 3. The predicted octanol–water partition coefficient (Wildman–Crippen LogP) is 6.01. The average molecular weight is 572 g/mol. The largest absolute Gasteiger partial charge is 0.454 e. The van der Waals surface area contributed by atoms with Gasteiger partial charge in [-0.2, -0.15) is 0 Å². The number of thioether (sulfide) groups is 1. The number of fused-ring (bicyclic) bond motifs is 1. The maximum absolute atomic E-state index is 13.3. The Kier molecular flexibility index (Phi) is 8.48. The van der Waals surface area contributed by atoms with Crippen LogP contribution in [-0.4, -0.2) is 29.8 Å². The number of nitrogens with one attached hydrogen (secondary N) is 3. The predicted molar refractivity (Wildman–Crippen MR) is 158 cm³/mol. The van der Waals surface area contributed by atoms with Crippen molar-refractivity contribution in [2.24, 2.45) is 0 Å². The molecule has 1 unspecified atom stereocenters. The van der Waals surface area contributed by atoms with Gasteiger partial charge in [-0.3, -0.25) is 14.4 Å². The zero-order valence-corrected chi connectivity index (χ0v) is 23.0. The molecule has 1 aromatic heterocycles. The van der Waals surface area contributed by atoms with Gasteiger partial charge in [0.25, 0.3) is 11.8 Å². The first-order chi connectivity index (χ1) is 19.4. The van der Waals surface area contributed by atoms with Crippen LogP contribution in [0.4, 0.5) is 11.4 Å². The average Bonchev–Trinajstić information content (AvgIpc) is 3.65. The van der Waals surface area contributed by atoms with Crippen LogP contribution in [0.25, 0.3) is 6.08 Å². The van der Waals surface area contributed by atoms with E-state index >= 15 is 0 Å². The van der Waals surface area contributed by atoms with Crippen LogP contribution in [0.15, 0.2) is 101 Å². The van der Waals surface area contributed by atoms with Gasteiger partial charge in [-0.1, -0.05) is 30.3 Å². The van der Waals surface area contributed by atoms with Gasteiger partial charge in [0.05, 0.1) is 5.25 Å². The van der Waals surface area contributed by atoms with Gasteiger partial charge >= 0.3 is 0 Å². The summed E-state index contributed by atoms with van der Waals surface area (Å²) in [5, 5.41) is 9.96. The number of anilines is 2. The Labute approximate surface area is 239 Å². The summed E-state index contributed by atoms with van der Waals surface area (Å²) in [4.78, 5) is 40.5. The van der Waals surface area contributed by atoms with Crippen molar-refractivity contribution in [3.8, 4) is 11.5 Å². The molecule has 0 fully saturated rings. The van der Waals surface area contributed by atoms with Gasteiger partial charge in [0.2, 0.25) is 12.7 Å². The van der Waals surface area contributed by atoms with Gasteiger partial charge in [-0.15, -0.1) is 23.1 Å². The lowest BCUT2D eigenvalue weighted by Gasteiger charge is -2.14. The standard InChI is InChI=1S/C30H25N3O5S2/c1-19(28(34)31-22-12-13-26-27(16-22)38-18-37-26)40-24-10-5-9-21(15-24)32-30(36)25(17-23-11-6-14-39-23)33-29(35)20-7-3-2-4-8-20/h2-17,19H,18H2,1H3,(H,31,34)(H,32,36)(H,33,35)/b25-17-. The highest BCUT2D eigenvalue weighted by Gasteiger charge is 2.19. The Balaban J connectivity index is 1.24. The Morgan fingerprint density at radius 2 is 1.68 bits per heavy atom. The van der Waals surface area contributed by atoms with Crippen molar-refractivity contribution in [2.75, 3.05) is 17.4 Å². The van der Waals surface area contributed by atoms with Crippen LogP contribution >= 0.6 is 23.1 Å². The Morgan fingerprint density at radius 1 is 0.875 bits per heavy atom. The first-order valence-electron chi connectivity index (χ1n) is 12.3. The molecule has 1 atom stereocenters. The van der Waals surface area contributed by atoms with Crippen molar-refractivity contribution in [3.63, 3.8) is 0 Å². The van der Waals surface area contributed by atoms with E-state index < -0.39 is 11.2 Å². The zero-order valence-electron chi connectivity index (χ0n) is 21.4. The molecule has 3 amide bonds. The zero-order chi connectivity index (χ0) is 27.9. The molecular weight excluding hydrogens is 546 g/mol. The number of ether oxygens (including phenoxy) is 2. The van der Waals surface area contributed by atoms with E-state index in [4.69, 9.17) is 9.47 Å². The molecule has 0 spiro atoms. The molecule has 0 saturated carbocycles. The normalized spacial score (nSPS) is 12.9. The van der Waals surface area contributed by atoms with E-state index in [9.17, 15) is 14.4 Å². The number of hydrogen-bond donors (Lipinski definition) is 3. The fourth-order valence-electron chi connectivity index (χ4n) is 3.78. The van der Waals surface area contributed by atoms with E-state index in [-0.39, 0.29) is 24.3 Å². The van der Waals surface area contributed by atoms with Crippen LogP contribution in [0.2, 0.25) is 0 Å². The van der Waals surface area contributed by atoms with Crippen molar-refractivity contribution in [1.29, 1.82) is 0 Å². The molecule has 0 bridgehead atoms. The first kappa shape index (κ1) is 27.0. The van der Waals surface area contributed by atoms with Crippen molar-refractivity contribution in [1.82, 2.24) is 5.32 Å². The van der Waals surface area contributed by atoms with Crippen LogP contribution in [0.3, 0.4) is 0 Å². The molecule has 2 heterocycles. The fraction of sp³-hybridized carbons (Fsp3) is 0.100. The third kappa shape index (κ3) is 6.90. The van der Waals surface area contributed by atoms with Gasteiger partial charge in [0.15, 0.2) is 11.5 Å². The first-order valence-corrected chi connectivity index (χ1v) is 14.1. The molecule has 40 heavy (non-hydrogen) atoms. The molecule has 1 aliphatic heterocycles. The summed E-state index contributed by atoms with van der Waals surface area (Å²) in [6.07, 6.45) is 1.64. The summed E-state index contributed by atoms with van der Waals surface area (Å²) in [7, 11) is 0. The van der Waals surface area contributed by atoms with Crippen molar-refractivity contribution >= 4 is 58.3 Å². The van der Waals surface area contributed by atoms with Crippen LogP contribution in [0.5, 0.6) is 11.5 Å². The maximum atomic E-state index is 13.3. The molecule has 3 aromatic carbocycles.